The maximum atomic E-state index is 11.1. The molecule has 0 aromatic carbocycles. The molecule has 0 aliphatic heterocycles. The van der Waals surface area contributed by atoms with Crippen LogP contribution in [0.15, 0.2) is 4.52 Å². The lowest BCUT2D eigenvalue weighted by Crippen LogP contribution is -2.25. The summed E-state index contributed by atoms with van der Waals surface area (Å²) in [5.41, 5.74) is 1.41. The van der Waals surface area contributed by atoms with Crippen molar-refractivity contribution in [3.05, 3.63) is 16.7 Å². The third-order valence-electron chi connectivity index (χ3n) is 2.96. The molecule has 2 heterocycles. The molecule has 0 bridgehead atoms. The lowest BCUT2D eigenvalue weighted by molar-refractivity contribution is 0.152. The van der Waals surface area contributed by atoms with Gasteiger partial charge in [-0.3, -0.25) is 4.68 Å². The van der Waals surface area contributed by atoms with Gasteiger partial charge in [0.15, 0.2) is 0 Å². The molecule has 0 aliphatic carbocycles. The van der Waals surface area contributed by atoms with Crippen LogP contribution in [0, 0.1) is 6.92 Å². The molecule has 1 amide bonds. The third kappa shape index (κ3) is 3.76. The van der Waals surface area contributed by atoms with E-state index in [4.69, 9.17) is 20.9 Å². The molecular weight excluding hydrogens is 310 g/mol. The highest BCUT2D eigenvalue weighted by Gasteiger charge is 2.18. The Hall–Kier alpha value is -2.09. The molecule has 2 rings (SSSR count). The van der Waals surface area contributed by atoms with Crippen molar-refractivity contribution in [2.75, 3.05) is 13.2 Å². The van der Waals surface area contributed by atoms with Crippen LogP contribution in [0.2, 0.25) is 5.15 Å². The summed E-state index contributed by atoms with van der Waals surface area (Å²) in [5.74, 6) is 0.906. The molecule has 22 heavy (non-hydrogen) atoms. The lowest BCUT2D eigenvalue weighted by atomic mass is 10.2. The Kier molecular flexibility index (Phi) is 5.37. The van der Waals surface area contributed by atoms with E-state index in [-0.39, 0.29) is 0 Å². The second-order valence-corrected chi connectivity index (χ2v) is 5.00. The normalized spacial score (nSPS) is 10.7. The van der Waals surface area contributed by atoms with E-state index in [2.05, 4.69) is 20.6 Å². The van der Waals surface area contributed by atoms with Gasteiger partial charge in [0.2, 0.25) is 11.7 Å². The zero-order valence-electron chi connectivity index (χ0n) is 12.7. The van der Waals surface area contributed by atoms with Crippen molar-refractivity contribution in [2.24, 2.45) is 7.05 Å². The van der Waals surface area contributed by atoms with Crippen LogP contribution in [0.25, 0.3) is 11.4 Å². The maximum absolute atomic E-state index is 11.1. The van der Waals surface area contributed by atoms with Crippen LogP contribution in [0.1, 0.15) is 24.9 Å². The first kappa shape index (κ1) is 16.3. The number of hydrogen-bond donors (Lipinski definition) is 1. The minimum atomic E-state index is -0.425. The second kappa shape index (κ2) is 7.26. The first-order valence-electron chi connectivity index (χ1n) is 6.95. The Morgan fingerprint density at radius 1 is 1.50 bits per heavy atom. The number of hydrogen-bond acceptors (Lipinski definition) is 6. The monoisotopic (exact) mass is 327 g/mol. The SMILES string of the molecule is CCOC(=O)NCCCc1nc(-c2c(C)nn(C)c2Cl)no1. The average Bonchev–Trinajstić information content (AvgIpc) is 3.01. The van der Waals surface area contributed by atoms with Gasteiger partial charge >= 0.3 is 6.09 Å². The Morgan fingerprint density at radius 3 is 2.91 bits per heavy atom. The van der Waals surface area contributed by atoms with E-state index in [0.717, 1.165) is 5.69 Å². The molecule has 0 aliphatic rings. The minimum Gasteiger partial charge on any atom is -0.450 e. The first-order chi connectivity index (χ1) is 10.5. The summed E-state index contributed by atoms with van der Waals surface area (Å²) in [7, 11) is 1.75. The summed E-state index contributed by atoms with van der Waals surface area (Å²) >= 11 is 6.17. The second-order valence-electron chi connectivity index (χ2n) is 4.64. The van der Waals surface area contributed by atoms with Gasteiger partial charge in [-0.2, -0.15) is 10.1 Å². The van der Waals surface area contributed by atoms with Gasteiger partial charge in [-0.25, -0.2) is 4.79 Å². The Bertz CT molecular complexity index is 652. The highest BCUT2D eigenvalue weighted by Crippen LogP contribution is 2.28. The molecule has 1 N–H and O–H groups in total. The van der Waals surface area contributed by atoms with Gasteiger partial charge in [-0.15, -0.1) is 0 Å². The van der Waals surface area contributed by atoms with Crippen molar-refractivity contribution in [3.63, 3.8) is 0 Å². The molecule has 0 fully saturated rings. The quantitative estimate of drug-likeness (QED) is 0.816. The van der Waals surface area contributed by atoms with Crippen LogP contribution >= 0.6 is 11.6 Å². The number of rotatable bonds is 6. The van der Waals surface area contributed by atoms with Gasteiger partial charge in [0.1, 0.15) is 5.15 Å². The van der Waals surface area contributed by atoms with E-state index in [1.54, 1.807) is 18.7 Å². The molecule has 2 aromatic heterocycles. The molecule has 120 valence electrons. The topological polar surface area (TPSA) is 95.1 Å². The van der Waals surface area contributed by atoms with Crippen molar-refractivity contribution < 1.29 is 14.1 Å². The molecule has 9 heteroatoms. The summed E-state index contributed by atoms with van der Waals surface area (Å²) in [6.07, 6.45) is 0.794. The van der Waals surface area contributed by atoms with Crippen LogP contribution < -0.4 is 5.32 Å². The van der Waals surface area contributed by atoms with Gasteiger partial charge in [-0.05, 0) is 20.3 Å². The molecule has 0 unspecified atom stereocenters. The largest absolute Gasteiger partial charge is 0.450 e. The zero-order valence-corrected chi connectivity index (χ0v) is 13.5. The van der Waals surface area contributed by atoms with Gasteiger partial charge in [0.05, 0.1) is 17.9 Å². The minimum absolute atomic E-state index is 0.351. The zero-order chi connectivity index (χ0) is 16.1. The van der Waals surface area contributed by atoms with Gasteiger partial charge in [0.25, 0.3) is 0 Å². The number of amides is 1. The van der Waals surface area contributed by atoms with E-state index in [0.29, 0.717) is 48.4 Å². The summed E-state index contributed by atoms with van der Waals surface area (Å²) in [6.45, 7) is 4.42. The van der Waals surface area contributed by atoms with Crippen LogP contribution in [-0.4, -0.2) is 39.2 Å². The van der Waals surface area contributed by atoms with E-state index in [1.165, 1.54) is 0 Å². The van der Waals surface area contributed by atoms with Crippen LogP contribution in [0.3, 0.4) is 0 Å². The predicted molar refractivity (Wildman–Crippen MR) is 79.6 cm³/mol. The van der Waals surface area contributed by atoms with Crippen molar-refractivity contribution >= 4 is 17.7 Å². The summed E-state index contributed by atoms with van der Waals surface area (Å²) < 4.78 is 11.5. The molecule has 2 aromatic rings. The molecule has 8 nitrogen and oxygen atoms in total. The van der Waals surface area contributed by atoms with Crippen molar-refractivity contribution in [3.8, 4) is 11.4 Å². The van der Waals surface area contributed by atoms with Crippen LogP contribution in [0.4, 0.5) is 4.79 Å². The number of halogens is 1. The van der Waals surface area contributed by atoms with Crippen molar-refractivity contribution in [2.45, 2.75) is 26.7 Å². The summed E-state index contributed by atoms with van der Waals surface area (Å²) in [6, 6.07) is 0. The molecule has 0 spiro atoms. The van der Waals surface area contributed by atoms with E-state index in [9.17, 15) is 4.79 Å². The van der Waals surface area contributed by atoms with Gasteiger partial charge in [-0.1, -0.05) is 16.8 Å². The maximum Gasteiger partial charge on any atom is 0.407 e. The van der Waals surface area contributed by atoms with Crippen molar-refractivity contribution in [1.82, 2.24) is 25.2 Å². The highest BCUT2D eigenvalue weighted by atomic mass is 35.5. The Morgan fingerprint density at radius 2 is 2.27 bits per heavy atom. The summed E-state index contributed by atoms with van der Waals surface area (Å²) in [4.78, 5) is 15.4. The Balaban J connectivity index is 1.91. The molecule has 0 saturated heterocycles. The molecule has 0 radical (unpaired) electrons. The van der Waals surface area contributed by atoms with E-state index < -0.39 is 6.09 Å². The fraction of sp³-hybridized carbons (Fsp3) is 0.538. The number of aromatic nitrogens is 4. The Labute approximate surface area is 132 Å². The van der Waals surface area contributed by atoms with Crippen molar-refractivity contribution in [1.29, 1.82) is 0 Å². The summed E-state index contributed by atoms with van der Waals surface area (Å²) in [5, 5.41) is 11.2. The molecule has 0 saturated carbocycles. The highest BCUT2D eigenvalue weighted by molar-refractivity contribution is 6.32. The van der Waals surface area contributed by atoms with Crippen LogP contribution in [-0.2, 0) is 18.2 Å². The number of nitrogens with zero attached hydrogens (tertiary/aromatic N) is 4. The number of alkyl carbamates (subject to hydrolysis) is 1. The van der Waals surface area contributed by atoms with E-state index >= 15 is 0 Å². The van der Waals surface area contributed by atoms with E-state index in [1.807, 2.05) is 6.92 Å². The fourth-order valence-corrected chi connectivity index (χ4v) is 2.21. The number of carbonyl (C=O) groups excluding carboxylic acids is 1. The fourth-order valence-electron chi connectivity index (χ4n) is 1.95. The third-order valence-corrected chi connectivity index (χ3v) is 3.39. The number of aryl methyl sites for hydroxylation is 3. The van der Waals surface area contributed by atoms with Gasteiger partial charge < -0.3 is 14.6 Å². The van der Waals surface area contributed by atoms with Gasteiger partial charge in [0, 0.05) is 20.0 Å². The smallest absolute Gasteiger partial charge is 0.407 e. The van der Waals surface area contributed by atoms with Crippen LogP contribution in [0.5, 0.6) is 0 Å². The predicted octanol–water partition coefficient (Wildman–Crippen LogP) is 2.11. The standard InChI is InChI=1S/C13H18ClN5O3/c1-4-21-13(20)15-7-5-6-9-16-12(18-22-9)10-8(2)17-19(3)11(10)14/h4-7H2,1-3H3,(H,15,20). The average molecular weight is 328 g/mol. The number of ether oxygens (including phenoxy) is 1. The molecular formula is C13H18ClN5O3. The molecule has 0 atom stereocenters. The number of carbonyl (C=O) groups is 1. The number of nitrogens with one attached hydrogen (secondary N) is 1. The first-order valence-corrected chi connectivity index (χ1v) is 7.33. The lowest BCUT2D eigenvalue weighted by Gasteiger charge is -2.03.